The van der Waals surface area contributed by atoms with Gasteiger partial charge >= 0.3 is 0 Å². The molecule has 2 atom stereocenters. The molecule has 1 aromatic heterocycles. The number of nitrogens with zero attached hydrogens (tertiary/aromatic N) is 3. The van der Waals surface area contributed by atoms with Gasteiger partial charge in [-0.2, -0.15) is 0 Å². The molecule has 0 aliphatic carbocycles. The van der Waals surface area contributed by atoms with Crippen LogP contribution in [0.15, 0.2) is 6.07 Å². The molecule has 0 amide bonds. The van der Waals surface area contributed by atoms with E-state index in [-0.39, 0.29) is 0 Å². The Hall–Kier alpha value is -1.36. The number of hydrogen-bond acceptors (Lipinski definition) is 5. The summed E-state index contributed by atoms with van der Waals surface area (Å²) >= 11 is 0. The number of aryl methyl sites for hydroxylation is 1. The van der Waals surface area contributed by atoms with Gasteiger partial charge in [-0.25, -0.2) is 15.8 Å². The number of piperidine rings is 1. The molecular formula is C12H21N5. The summed E-state index contributed by atoms with van der Waals surface area (Å²) in [6.45, 7) is 7.51. The van der Waals surface area contributed by atoms with Crippen molar-refractivity contribution in [2.75, 3.05) is 16.9 Å². The van der Waals surface area contributed by atoms with Gasteiger partial charge < -0.3 is 10.3 Å². The van der Waals surface area contributed by atoms with Gasteiger partial charge in [0.05, 0.1) is 0 Å². The van der Waals surface area contributed by atoms with Gasteiger partial charge in [-0.15, -0.1) is 0 Å². The molecule has 5 heteroatoms. The third-order valence-corrected chi connectivity index (χ3v) is 3.64. The molecular weight excluding hydrogens is 214 g/mol. The summed E-state index contributed by atoms with van der Waals surface area (Å²) in [5.41, 5.74) is 2.60. The van der Waals surface area contributed by atoms with E-state index in [0.29, 0.717) is 17.8 Å². The molecule has 17 heavy (non-hydrogen) atoms. The number of nitrogens with one attached hydrogen (secondary N) is 1. The second-order valence-corrected chi connectivity index (χ2v) is 4.86. The molecule has 2 heterocycles. The van der Waals surface area contributed by atoms with Gasteiger partial charge in [0.2, 0.25) is 0 Å². The van der Waals surface area contributed by atoms with Crippen LogP contribution in [0.4, 0.5) is 11.6 Å². The zero-order valence-electron chi connectivity index (χ0n) is 10.8. The summed E-state index contributed by atoms with van der Waals surface area (Å²) in [7, 11) is 0. The van der Waals surface area contributed by atoms with Crippen LogP contribution in [0.2, 0.25) is 0 Å². The molecule has 2 rings (SSSR count). The van der Waals surface area contributed by atoms with Crippen molar-refractivity contribution < 1.29 is 0 Å². The quantitative estimate of drug-likeness (QED) is 0.603. The number of anilines is 2. The van der Waals surface area contributed by atoms with Crippen LogP contribution < -0.4 is 16.2 Å². The molecule has 1 fully saturated rings. The minimum Gasteiger partial charge on any atom is -0.353 e. The van der Waals surface area contributed by atoms with Gasteiger partial charge in [0.25, 0.3) is 0 Å². The largest absolute Gasteiger partial charge is 0.353 e. The van der Waals surface area contributed by atoms with Crippen LogP contribution in [-0.4, -0.2) is 22.6 Å². The first kappa shape index (κ1) is 12.1. The summed E-state index contributed by atoms with van der Waals surface area (Å²) in [5, 5.41) is 0. The molecule has 1 aliphatic rings. The normalized spacial score (nSPS) is 24.8. The van der Waals surface area contributed by atoms with E-state index < -0.39 is 0 Å². The minimum atomic E-state index is 0.517. The highest BCUT2D eigenvalue weighted by Gasteiger charge is 2.26. The van der Waals surface area contributed by atoms with Crippen LogP contribution >= 0.6 is 0 Å². The maximum absolute atomic E-state index is 5.42. The van der Waals surface area contributed by atoms with Crippen molar-refractivity contribution >= 4 is 11.6 Å². The van der Waals surface area contributed by atoms with Crippen molar-refractivity contribution in [3.05, 3.63) is 11.9 Å². The lowest BCUT2D eigenvalue weighted by atomic mass is 9.92. The lowest BCUT2D eigenvalue weighted by Gasteiger charge is -2.38. The van der Waals surface area contributed by atoms with E-state index in [1.54, 1.807) is 0 Å². The summed E-state index contributed by atoms with van der Waals surface area (Å²) in [6.07, 6.45) is 2.52. The number of nitrogen functional groups attached to an aromatic ring is 1. The lowest BCUT2D eigenvalue weighted by Crippen LogP contribution is -2.43. The highest BCUT2D eigenvalue weighted by molar-refractivity contribution is 5.49. The van der Waals surface area contributed by atoms with E-state index in [1.807, 2.05) is 13.0 Å². The molecule has 2 unspecified atom stereocenters. The maximum Gasteiger partial charge on any atom is 0.145 e. The number of aromatic nitrogens is 2. The topological polar surface area (TPSA) is 67.1 Å². The highest BCUT2D eigenvalue weighted by atomic mass is 15.3. The Bertz CT molecular complexity index is 392. The Morgan fingerprint density at radius 2 is 2.18 bits per heavy atom. The Labute approximate surface area is 102 Å². The SMILES string of the molecule is Cc1nc(NN)cc(N2CCCC(C)C2C)n1. The van der Waals surface area contributed by atoms with Crippen molar-refractivity contribution in [3.8, 4) is 0 Å². The molecule has 0 saturated carbocycles. The molecule has 0 radical (unpaired) electrons. The average molecular weight is 235 g/mol. The van der Waals surface area contributed by atoms with E-state index in [9.17, 15) is 0 Å². The number of hydrazine groups is 1. The standard InChI is InChI=1S/C12H21N5/c1-8-5-4-6-17(9(8)2)12-7-11(16-13)14-10(3)15-12/h7-9H,4-6,13H2,1-3H3,(H,14,15,16). The number of rotatable bonds is 2. The molecule has 1 aliphatic heterocycles. The predicted octanol–water partition coefficient (Wildman–Crippen LogP) is 1.70. The van der Waals surface area contributed by atoms with Crippen molar-refractivity contribution in [1.29, 1.82) is 0 Å². The van der Waals surface area contributed by atoms with E-state index in [1.165, 1.54) is 12.8 Å². The van der Waals surface area contributed by atoms with Crippen LogP contribution in [0.1, 0.15) is 32.5 Å². The molecule has 0 bridgehead atoms. The van der Waals surface area contributed by atoms with Gasteiger partial charge in [-0.1, -0.05) is 6.92 Å². The third-order valence-electron chi connectivity index (χ3n) is 3.64. The van der Waals surface area contributed by atoms with Gasteiger partial charge in [0, 0.05) is 18.7 Å². The monoisotopic (exact) mass is 235 g/mol. The molecule has 1 aromatic rings. The summed E-state index contributed by atoms with van der Waals surface area (Å²) < 4.78 is 0. The van der Waals surface area contributed by atoms with Crippen LogP contribution in [0.5, 0.6) is 0 Å². The van der Waals surface area contributed by atoms with Crippen LogP contribution in [0.25, 0.3) is 0 Å². The van der Waals surface area contributed by atoms with E-state index >= 15 is 0 Å². The molecule has 0 spiro atoms. The van der Waals surface area contributed by atoms with Gasteiger partial charge in [0.15, 0.2) is 0 Å². The number of hydrogen-bond donors (Lipinski definition) is 2. The van der Waals surface area contributed by atoms with Gasteiger partial charge in [-0.05, 0) is 32.6 Å². The number of nitrogens with two attached hydrogens (primary N) is 1. The summed E-state index contributed by atoms with van der Waals surface area (Å²) in [4.78, 5) is 11.1. The first-order valence-corrected chi connectivity index (χ1v) is 6.20. The van der Waals surface area contributed by atoms with Gasteiger partial charge in [-0.3, -0.25) is 0 Å². The van der Waals surface area contributed by atoms with E-state index in [2.05, 4.69) is 34.1 Å². The fraction of sp³-hybridized carbons (Fsp3) is 0.667. The highest BCUT2D eigenvalue weighted by Crippen LogP contribution is 2.28. The molecule has 94 valence electrons. The summed E-state index contributed by atoms with van der Waals surface area (Å²) in [6, 6.07) is 2.44. The lowest BCUT2D eigenvalue weighted by molar-refractivity contribution is 0.361. The van der Waals surface area contributed by atoms with Crippen molar-refractivity contribution in [3.63, 3.8) is 0 Å². The Morgan fingerprint density at radius 3 is 2.88 bits per heavy atom. The third kappa shape index (κ3) is 2.49. The molecule has 0 aromatic carbocycles. The first-order valence-electron chi connectivity index (χ1n) is 6.20. The Kier molecular flexibility index (Phi) is 3.47. The fourth-order valence-electron chi connectivity index (χ4n) is 2.43. The Balaban J connectivity index is 2.29. The van der Waals surface area contributed by atoms with Crippen LogP contribution in [0.3, 0.4) is 0 Å². The predicted molar refractivity (Wildman–Crippen MR) is 69.8 cm³/mol. The zero-order chi connectivity index (χ0) is 12.4. The maximum atomic E-state index is 5.42. The van der Waals surface area contributed by atoms with Crippen LogP contribution in [-0.2, 0) is 0 Å². The molecule has 3 N–H and O–H groups in total. The van der Waals surface area contributed by atoms with Crippen molar-refractivity contribution in [2.45, 2.75) is 39.7 Å². The van der Waals surface area contributed by atoms with Gasteiger partial charge in [0.1, 0.15) is 17.5 Å². The first-order chi connectivity index (χ1) is 8.11. The molecule has 5 nitrogen and oxygen atoms in total. The van der Waals surface area contributed by atoms with E-state index in [0.717, 1.165) is 18.2 Å². The van der Waals surface area contributed by atoms with Crippen molar-refractivity contribution in [2.24, 2.45) is 11.8 Å². The van der Waals surface area contributed by atoms with Crippen LogP contribution in [0, 0.1) is 12.8 Å². The second kappa shape index (κ2) is 4.87. The second-order valence-electron chi connectivity index (χ2n) is 4.86. The Morgan fingerprint density at radius 1 is 1.41 bits per heavy atom. The zero-order valence-corrected chi connectivity index (χ0v) is 10.8. The fourth-order valence-corrected chi connectivity index (χ4v) is 2.43. The average Bonchev–Trinajstić information content (AvgIpc) is 2.31. The smallest absolute Gasteiger partial charge is 0.145 e. The van der Waals surface area contributed by atoms with E-state index in [4.69, 9.17) is 5.84 Å². The van der Waals surface area contributed by atoms with Crippen molar-refractivity contribution in [1.82, 2.24) is 9.97 Å². The summed E-state index contributed by atoms with van der Waals surface area (Å²) in [5.74, 6) is 8.53. The minimum absolute atomic E-state index is 0.517. The molecule has 1 saturated heterocycles.